The molecule has 3 aliphatic rings. The second kappa shape index (κ2) is 8.45. The van der Waals surface area contributed by atoms with Gasteiger partial charge >= 0.3 is 6.18 Å². The van der Waals surface area contributed by atoms with Gasteiger partial charge in [0.25, 0.3) is 11.8 Å². The van der Waals surface area contributed by atoms with Crippen molar-refractivity contribution in [2.45, 2.75) is 77.6 Å². The van der Waals surface area contributed by atoms with E-state index in [1.54, 1.807) is 13.8 Å². The molecule has 1 aromatic rings. The van der Waals surface area contributed by atoms with Gasteiger partial charge in [0.2, 0.25) is 5.54 Å². The first-order chi connectivity index (χ1) is 16.2. The summed E-state index contributed by atoms with van der Waals surface area (Å²) in [7, 11) is 0. The highest BCUT2D eigenvalue weighted by Crippen LogP contribution is 2.54. The van der Waals surface area contributed by atoms with Crippen molar-refractivity contribution >= 4 is 17.6 Å². The van der Waals surface area contributed by atoms with Gasteiger partial charge in [0.15, 0.2) is 5.78 Å². The summed E-state index contributed by atoms with van der Waals surface area (Å²) in [5.74, 6) is -3.88. The topological polar surface area (TPSA) is 66.5 Å². The average molecular weight is 495 g/mol. The molecule has 0 unspecified atom stereocenters. The number of rotatable bonds is 3. The van der Waals surface area contributed by atoms with Crippen molar-refractivity contribution in [2.75, 3.05) is 0 Å². The molecule has 0 aromatic heterocycles. The number of amides is 2. The van der Waals surface area contributed by atoms with Gasteiger partial charge in [-0.15, -0.1) is 0 Å². The Hall–Kier alpha value is -2.71. The van der Waals surface area contributed by atoms with E-state index in [1.165, 1.54) is 4.90 Å². The first-order valence-corrected chi connectivity index (χ1v) is 11.9. The monoisotopic (exact) mass is 494 g/mol. The van der Waals surface area contributed by atoms with Gasteiger partial charge in [-0.2, -0.15) is 13.2 Å². The van der Waals surface area contributed by atoms with Crippen LogP contribution in [0.25, 0.3) is 0 Å². The number of hydrogen-bond donors (Lipinski definition) is 1. The molecule has 1 N–H and O–H groups in total. The molecule has 0 bridgehead atoms. The Labute approximate surface area is 201 Å². The van der Waals surface area contributed by atoms with E-state index in [1.807, 2.05) is 19.2 Å². The van der Waals surface area contributed by atoms with Crippen LogP contribution in [0, 0.1) is 23.1 Å². The summed E-state index contributed by atoms with van der Waals surface area (Å²) in [6, 6.07) is 3.46. The molecule has 190 valence electrons. The highest BCUT2D eigenvalue weighted by molar-refractivity contribution is 6.14. The van der Waals surface area contributed by atoms with Crippen LogP contribution in [-0.2, 0) is 9.59 Å². The molecular formula is C26H30F4N2O3. The average Bonchev–Trinajstić information content (AvgIpc) is 2.98. The minimum atomic E-state index is -5.27. The molecule has 1 fully saturated rings. The summed E-state index contributed by atoms with van der Waals surface area (Å²) in [6.45, 7) is 7.50. The summed E-state index contributed by atoms with van der Waals surface area (Å²) >= 11 is 0. The van der Waals surface area contributed by atoms with Gasteiger partial charge in [-0.25, -0.2) is 4.39 Å². The van der Waals surface area contributed by atoms with Crippen LogP contribution < -0.4 is 5.32 Å². The molecule has 0 spiro atoms. The first kappa shape index (κ1) is 25.4. The molecule has 9 heteroatoms. The van der Waals surface area contributed by atoms with Crippen molar-refractivity contribution in [3.8, 4) is 0 Å². The largest absolute Gasteiger partial charge is 0.425 e. The van der Waals surface area contributed by atoms with Crippen LogP contribution in [0.4, 0.5) is 17.6 Å². The standard InChI is InChI=1S/C26H30F4N2O3/c1-14-6-5-7-18(15(14)2)32-19-12-24(3,4)13-20(33)21(19)25(23(32)35,26(28,29)30)31-22(34)16-8-10-17(27)11-9-16/h8-11,14-15,18H,5-7,12-13H2,1-4H3,(H,31,34)/t14-,15-,18+,25+/m1/s1. The van der Waals surface area contributed by atoms with Crippen molar-refractivity contribution in [2.24, 2.45) is 17.3 Å². The van der Waals surface area contributed by atoms with E-state index in [-0.39, 0.29) is 35.9 Å². The van der Waals surface area contributed by atoms with Gasteiger partial charge in [0, 0.05) is 23.7 Å². The lowest BCUT2D eigenvalue weighted by Gasteiger charge is -2.43. The second-order valence-corrected chi connectivity index (χ2v) is 11.0. The van der Waals surface area contributed by atoms with E-state index in [9.17, 15) is 31.9 Å². The fraction of sp³-hybridized carbons (Fsp3) is 0.577. The third-order valence-electron chi connectivity index (χ3n) is 7.89. The van der Waals surface area contributed by atoms with Crippen LogP contribution in [-0.4, -0.2) is 40.3 Å². The van der Waals surface area contributed by atoms with Gasteiger partial charge in [-0.1, -0.05) is 40.5 Å². The molecule has 1 saturated carbocycles. The summed E-state index contributed by atoms with van der Waals surface area (Å²) in [4.78, 5) is 41.4. The molecule has 4 atom stereocenters. The zero-order valence-electron chi connectivity index (χ0n) is 20.3. The van der Waals surface area contributed by atoms with E-state index < -0.39 is 52.2 Å². The van der Waals surface area contributed by atoms with Gasteiger partial charge in [-0.05, 0) is 54.4 Å². The van der Waals surface area contributed by atoms with Crippen molar-refractivity contribution in [1.82, 2.24) is 10.2 Å². The molecule has 2 amide bonds. The number of allylic oxidation sites excluding steroid dienone is 1. The number of halogens is 4. The summed E-state index contributed by atoms with van der Waals surface area (Å²) < 4.78 is 58.2. The SMILES string of the molecule is C[C@@H]1[C@H](C)CCC[C@@H]1N1C(=O)[C@](NC(=O)c2ccc(F)cc2)(C(F)(F)F)C2=C1CC(C)(C)CC2=O. The predicted molar refractivity (Wildman–Crippen MR) is 121 cm³/mol. The molecule has 5 nitrogen and oxygen atoms in total. The van der Waals surface area contributed by atoms with Crippen LogP contribution in [0.15, 0.2) is 35.5 Å². The summed E-state index contributed by atoms with van der Waals surface area (Å²) in [6.07, 6.45) is -3.16. The molecule has 4 rings (SSSR count). The van der Waals surface area contributed by atoms with Gasteiger partial charge in [0.1, 0.15) is 5.82 Å². The number of ketones is 1. The van der Waals surface area contributed by atoms with Crippen molar-refractivity contribution in [3.05, 3.63) is 46.9 Å². The smallest absolute Gasteiger partial charge is 0.326 e. The molecule has 2 aliphatic carbocycles. The second-order valence-electron chi connectivity index (χ2n) is 11.0. The number of nitrogens with one attached hydrogen (secondary N) is 1. The number of Topliss-reactive ketones (excluding diaryl/α,β-unsaturated/α-hetero) is 1. The fourth-order valence-corrected chi connectivity index (χ4v) is 5.89. The summed E-state index contributed by atoms with van der Waals surface area (Å²) in [5, 5.41) is 1.91. The van der Waals surface area contributed by atoms with Crippen LogP contribution in [0.5, 0.6) is 0 Å². The molecule has 1 aliphatic heterocycles. The number of carbonyl (C=O) groups is 3. The highest BCUT2D eigenvalue weighted by atomic mass is 19.4. The van der Waals surface area contributed by atoms with E-state index in [4.69, 9.17) is 0 Å². The van der Waals surface area contributed by atoms with Gasteiger partial charge in [0.05, 0.1) is 5.57 Å². The van der Waals surface area contributed by atoms with Gasteiger partial charge < -0.3 is 10.2 Å². The quantitative estimate of drug-likeness (QED) is 0.590. The Kier molecular flexibility index (Phi) is 6.13. The number of hydrogen-bond acceptors (Lipinski definition) is 3. The predicted octanol–water partition coefficient (Wildman–Crippen LogP) is 5.17. The highest BCUT2D eigenvalue weighted by Gasteiger charge is 2.72. The first-order valence-electron chi connectivity index (χ1n) is 11.9. The lowest BCUT2D eigenvalue weighted by molar-refractivity contribution is -0.192. The minimum Gasteiger partial charge on any atom is -0.326 e. The maximum Gasteiger partial charge on any atom is 0.425 e. The third-order valence-corrected chi connectivity index (χ3v) is 7.89. The Morgan fingerprint density at radius 3 is 2.29 bits per heavy atom. The van der Waals surface area contributed by atoms with E-state index in [0.29, 0.717) is 6.42 Å². The molecule has 0 radical (unpaired) electrons. The maximum absolute atomic E-state index is 14.9. The minimum absolute atomic E-state index is 0.0685. The van der Waals surface area contributed by atoms with Crippen LogP contribution in [0.3, 0.4) is 0 Å². The van der Waals surface area contributed by atoms with E-state index >= 15 is 0 Å². The number of alkyl halides is 3. The van der Waals surface area contributed by atoms with Crippen molar-refractivity contribution in [3.63, 3.8) is 0 Å². The normalized spacial score (nSPS) is 31.0. The molecule has 1 heterocycles. The number of benzene rings is 1. The molecular weight excluding hydrogens is 464 g/mol. The Balaban J connectivity index is 1.89. The van der Waals surface area contributed by atoms with Crippen LogP contribution >= 0.6 is 0 Å². The Bertz CT molecular complexity index is 1090. The van der Waals surface area contributed by atoms with Crippen molar-refractivity contribution < 1.29 is 31.9 Å². The zero-order valence-corrected chi connectivity index (χ0v) is 20.3. The van der Waals surface area contributed by atoms with Crippen LogP contribution in [0.2, 0.25) is 0 Å². The Morgan fingerprint density at radius 1 is 1.06 bits per heavy atom. The number of nitrogens with zero attached hydrogens (tertiary/aromatic N) is 1. The lowest BCUT2D eigenvalue weighted by atomic mass is 9.72. The fourth-order valence-electron chi connectivity index (χ4n) is 5.89. The Morgan fingerprint density at radius 2 is 1.69 bits per heavy atom. The lowest BCUT2D eigenvalue weighted by Crippen LogP contribution is -2.67. The van der Waals surface area contributed by atoms with Crippen molar-refractivity contribution in [1.29, 1.82) is 0 Å². The van der Waals surface area contributed by atoms with Crippen LogP contribution in [0.1, 0.15) is 70.2 Å². The van der Waals surface area contributed by atoms with E-state index in [2.05, 4.69) is 0 Å². The number of carbonyl (C=O) groups excluding carboxylic acids is 3. The third kappa shape index (κ3) is 4.06. The zero-order chi connectivity index (χ0) is 25.9. The maximum atomic E-state index is 14.9. The van der Waals surface area contributed by atoms with E-state index in [0.717, 1.165) is 37.1 Å². The van der Waals surface area contributed by atoms with Gasteiger partial charge in [-0.3, -0.25) is 14.4 Å². The summed E-state index contributed by atoms with van der Waals surface area (Å²) in [5.41, 5.74) is -4.97. The molecule has 1 aromatic carbocycles. The molecule has 35 heavy (non-hydrogen) atoms. The molecule has 0 saturated heterocycles.